The number of rotatable bonds is 2. The van der Waals surface area contributed by atoms with E-state index in [2.05, 4.69) is 16.2 Å². The third kappa shape index (κ3) is 1.80. The van der Waals surface area contributed by atoms with Crippen LogP contribution in [0.2, 0.25) is 0 Å². The molecule has 4 nitrogen and oxygen atoms in total. The number of nitrogens with zero attached hydrogens (tertiary/aromatic N) is 2. The Balaban J connectivity index is 3.24. The fraction of sp³-hybridized carbons (Fsp3) is 0.167. The van der Waals surface area contributed by atoms with Gasteiger partial charge < -0.3 is 0 Å². The molecule has 0 fully saturated rings. The van der Waals surface area contributed by atoms with E-state index in [1.165, 1.54) is 0 Å². The Morgan fingerprint density at radius 1 is 1.38 bits per heavy atom. The summed E-state index contributed by atoms with van der Waals surface area (Å²) in [6.45, 7) is 0. The lowest BCUT2D eigenvalue weighted by Crippen LogP contribution is -2.24. The molecule has 71 valence electrons. The lowest BCUT2D eigenvalue weighted by atomic mass is 10.5. The molecule has 0 spiro atoms. The molecule has 0 bridgehead atoms. The van der Waals surface area contributed by atoms with Crippen LogP contribution in [0.15, 0.2) is 18.6 Å². The molecule has 0 aliphatic rings. The number of aromatic nitrogens is 2. The molecule has 0 saturated carbocycles. The first-order chi connectivity index (χ1) is 5.86. The van der Waals surface area contributed by atoms with E-state index >= 15 is 0 Å². The van der Waals surface area contributed by atoms with Crippen molar-refractivity contribution in [2.75, 3.05) is 0 Å². The van der Waals surface area contributed by atoms with Crippen LogP contribution >= 0.6 is 0 Å². The van der Waals surface area contributed by atoms with Gasteiger partial charge in [0.2, 0.25) is 9.84 Å². The first-order valence-corrected chi connectivity index (χ1v) is 4.73. The van der Waals surface area contributed by atoms with Crippen molar-refractivity contribution >= 4 is 9.84 Å². The van der Waals surface area contributed by atoms with E-state index in [0.29, 0.717) is 6.20 Å². The predicted molar refractivity (Wildman–Crippen MR) is 40.2 cm³/mol. The number of sulfone groups is 1. The predicted octanol–water partition coefficient (Wildman–Crippen LogP) is 0.732. The van der Waals surface area contributed by atoms with Crippen molar-refractivity contribution in [1.82, 2.24) is 9.97 Å². The van der Waals surface area contributed by atoms with E-state index in [1.54, 1.807) is 0 Å². The van der Waals surface area contributed by atoms with Gasteiger partial charge in [-0.2, -0.15) is 8.78 Å². The third-order valence-corrected chi connectivity index (χ3v) is 2.24. The SMILES string of the molecule is [CH2]S(=O)(=O)C(F)(F)c1cnccn1. The minimum atomic E-state index is -4.74. The zero-order chi connectivity index (χ0) is 10.1. The van der Waals surface area contributed by atoms with Crippen molar-refractivity contribution in [2.45, 2.75) is 5.25 Å². The topological polar surface area (TPSA) is 59.9 Å². The second-order valence-electron chi connectivity index (χ2n) is 2.22. The standard InChI is InChI=1S/C6H5F2N2O2S/c1-13(11,12)6(7,8)5-4-9-2-3-10-5/h2-4H,1H2. The van der Waals surface area contributed by atoms with Crippen LogP contribution in [0.3, 0.4) is 0 Å². The monoisotopic (exact) mass is 207 g/mol. The Kier molecular flexibility index (Phi) is 2.29. The number of hydrogen-bond donors (Lipinski definition) is 0. The largest absolute Gasteiger partial charge is 0.388 e. The molecule has 0 N–H and O–H groups in total. The molecule has 7 heteroatoms. The maximum atomic E-state index is 12.9. The minimum absolute atomic E-state index is 0.683. The van der Waals surface area contributed by atoms with E-state index in [-0.39, 0.29) is 0 Å². The summed E-state index contributed by atoms with van der Waals surface area (Å²) in [5.41, 5.74) is -0.926. The Morgan fingerprint density at radius 2 is 2.00 bits per heavy atom. The zero-order valence-corrected chi connectivity index (χ0v) is 7.13. The van der Waals surface area contributed by atoms with Crippen LogP contribution in [-0.4, -0.2) is 18.4 Å². The van der Waals surface area contributed by atoms with Crippen molar-refractivity contribution in [1.29, 1.82) is 0 Å². The molecule has 13 heavy (non-hydrogen) atoms. The molecule has 0 aromatic carbocycles. The molecular weight excluding hydrogens is 202 g/mol. The van der Waals surface area contributed by atoms with E-state index < -0.39 is 20.8 Å². The number of alkyl halides is 2. The maximum Gasteiger partial charge on any atom is 0.388 e. The van der Waals surface area contributed by atoms with Crippen LogP contribution < -0.4 is 0 Å². The highest BCUT2D eigenvalue weighted by Gasteiger charge is 2.45. The summed E-state index contributed by atoms with van der Waals surface area (Å²) >= 11 is 0. The van der Waals surface area contributed by atoms with Gasteiger partial charge in [-0.05, 0) is 0 Å². The average Bonchev–Trinajstić information content (AvgIpc) is 2.04. The summed E-state index contributed by atoms with van der Waals surface area (Å²) in [4.78, 5) is 6.51. The molecule has 0 aliphatic carbocycles. The van der Waals surface area contributed by atoms with Crippen LogP contribution in [0, 0.1) is 6.26 Å². The number of hydrogen-bond acceptors (Lipinski definition) is 4. The fourth-order valence-corrected chi connectivity index (χ4v) is 1.03. The summed E-state index contributed by atoms with van der Waals surface area (Å²) in [7, 11) is -4.74. The molecular formula is C6H5F2N2O2S. The van der Waals surface area contributed by atoms with Crippen molar-refractivity contribution in [2.24, 2.45) is 0 Å². The van der Waals surface area contributed by atoms with Crippen molar-refractivity contribution in [3.63, 3.8) is 0 Å². The van der Waals surface area contributed by atoms with Gasteiger partial charge in [-0.3, -0.25) is 9.97 Å². The summed E-state index contributed by atoms with van der Waals surface area (Å²) in [6, 6.07) is 0. The summed E-state index contributed by atoms with van der Waals surface area (Å²) in [5, 5.41) is -4.08. The Hall–Kier alpha value is -1.11. The van der Waals surface area contributed by atoms with Crippen LogP contribution in [0.5, 0.6) is 0 Å². The minimum Gasteiger partial charge on any atom is -0.261 e. The van der Waals surface area contributed by atoms with Gasteiger partial charge in [0, 0.05) is 12.4 Å². The van der Waals surface area contributed by atoms with Crippen LogP contribution in [0.4, 0.5) is 8.78 Å². The lowest BCUT2D eigenvalue weighted by molar-refractivity contribution is 0.0867. The fourth-order valence-electron chi connectivity index (χ4n) is 0.609. The van der Waals surface area contributed by atoms with E-state index in [1.807, 2.05) is 0 Å². The third-order valence-electron chi connectivity index (χ3n) is 1.25. The van der Waals surface area contributed by atoms with Crippen LogP contribution in [0.1, 0.15) is 5.69 Å². The van der Waals surface area contributed by atoms with Gasteiger partial charge in [0.25, 0.3) is 0 Å². The highest BCUT2D eigenvalue weighted by Crippen LogP contribution is 2.31. The van der Waals surface area contributed by atoms with E-state index in [0.717, 1.165) is 12.4 Å². The first-order valence-electron chi connectivity index (χ1n) is 3.07. The number of halogens is 2. The molecule has 1 radical (unpaired) electrons. The molecule has 1 heterocycles. The van der Waals surface area contributed by atoms with E-state index in [4.69, 9.17) is 0 Å². The summed E-state index contributed by atoms with van der Waals surface area (Å²) < 4.78 is 46.9. The molecule has 0 aliphatic heterocycles. The lowest BCUT2D eigenvalue weighted by Gasteiger charge is -2.11. The van der Waals surface area contributed by atoms with Gasteiger partial charge in [0.1, 0.15) is 5.69 Å². The van der Waals surface area contributed by atoms with Gasteiger partial charge in [-0.25, -0.2) is 8.42 Å². The van der Waals surface area contributed by atoms with Gasteiger partial charge in [-0.1, -0.05) is 0 Å². The molecule has 0 unspecified atom stereocenters. The average molecular weight is 207 g/mol. The highest BCUT2D eigenvalue weighted by molar-refractivity contribution is 7.93. The second kappa shape index (κ2) is 2.99. The summed E-state index contributed by atoms with van der Waals surface area (Å²) in [6.07, 6.45) is 5.20. The van der Waals surface area contributed by atoms with Crippen LogP contribution in [-0.2, 0) is 15.1 Å². The van der Waals surface area contributed by atoms with Crippen molar-refractivity contribution < 1.29 is 17.2 Å². The molecule has 1 rings (SSSR count). The quantitative estimate of drug-likeness (QED) is 0.717. The van der Waals surface area contributed by atoms with Crippen molar-refractivity contribution in [3.05, 3.63) is 30.5 Å². The van der Waals surface area contributed by atoms with Gasteiger partial charge in [0.15, 0.2) is 0 Å². The summed E-state index contributed by atoms with van der Waals surface area (Å²) in [5.74, 6) is 0. The van der Waals surface area contributed by atoms with Gasteiger partial charge >= 0.3 is 5.25 Å². The molecule has 0 amide bonds. The smallest absolute Gasteiger partial charge is 0.261 e. The first kappa shape index (κ1) is 9.97. The van der Waals surface area contributed by atoms with Crippen molar-refractivity contribution in [3.8, 4) is 0 Å². The normalized spacial score (nSPS) is 12.8. The zero-order valence-electron chi connectivity index (χ0n) is 6.31. The Bertz CT molecular complexity index is 390. The second-order valence-corrected chi connectivity index (χ2v) is 3.96. The Morgan fingerprint density at radius 3 is 2.38 bits per heavy atom. The molecule has 0 atom stereocenters. The molecule has 1 aromatic rings. The Labute approximate surface area is 73.6 Å². The maximum absolute atomic E-state index is 12.9. The van der Waals surface area contributed by atoms with Gasteiger partial charge in [0.05, 0.1) is 12.5 Å². The molecule has 0 saturated heterocycles. The highest BCUT2D eigenvalue weighted by atomic mass is 32.2. The van der Waals surface area contributed by atoms with E-state index in [9.17, 15) is 17.2 Å². The molecule has 1 aromatic heterocycles. The van der Waals surface area contributed by atoms with Gasteiger partial charge in [-0.15, -0.1) is 0 Å². The van der Waals surface area contributed by atoms with Crippen LogP contribution in [0.25, 0.3) is 0 Å².